The molecule has 8 heteroatoms. The average molecular weight is 666 g/mol. The van der Waals surface area contributed by atoms with Crippen LogP contribution in [-0.4, -0.2) is 35.2 Å². The van der Waals surface area contributed by atoms with Crippen LogP contribution in [-0.2, 0) is 20.7 Å². The number of carbonyl (C=O) groups excluding carboxylic acids is 4. The second-order valence-electron chi connectivity index (χ2n) is 12.6. The molecule has 2 amide bonds. The fourth-order valence-electron chi connectivity index (χ4n) is 7.60. The third-order valence-electron chi connectivity index (χ3n) is 10.1. The first-order valence-corrected chi connectivity index (χ1v) is 16.3. The lowest BCUT2D eigenvalue weighted by molar-refractivity contribution is -0.123. The second-order valence-corrected chi connectivity index (χ2v) is 13.5. The van der Waals surface area contributed by atoms with Gasteiger partial charge in [0.05, 0.1) is 34.3 Å². The van der Waals surface area contributed by atoms with Crippen LogP contribution in [0.15, 0.2) is 65.1 Å². The summed E-state index contributed by atoms with van der Waals surface area (Å²) in [5.74, 6) is -0.763. The Balaban J connectivity index is 1.20. The molecule has 0 spiro atoms. The number of ketones is 1. The number of carbonyl (C=O) groups is 4. The van der Waals surface area contributed by atoms with Gasteiger partial charge in [0.1, 0.15) is 0 Å². The maximum absolute atomic E-state index is 13.6. The van der Waals surface area contributed by atoms with Gasteiger partial charge in [-0.25, -0.2) is 9.78 Å². The van der Waals surface area contributed by atoms with Crippen molar-refractivity contribution in [3.05, 3.63) is 93.0 Å². The highest BCUT2D eigenvalue weighted by molar-refractivity contribution is 9.10. The van der Waals surface area contributed by atoms with Crippen molar-refractivity contribution in [3.8, 4) is 11.3 Å². The fraction of sp³-hybridized carbons (Fsp3) is 0.324. The summed E-state index contributed by atoms with van der Waals surface area (Å²) in [6.45, 7) is 5.56. The number of Topliss-reactive ketones (excluding diaryl/α,β-unsaturated/α-hetero) is 1. The smallest absolute Gasteiger partial charge is 0.339 e. The molecule has 2 bridgehead atoms. The molecule has 2 aliphatic carbocycles. The normalized spacial score (nSPS) is 21.9. The van der Waals surface area contributed by atoms with E-state index < -0.39 is 5.97 Å². The van der Waals surface area contributed by atoms with Crippen LogP contribution in [0, 0.1) is 37.5 Å². The third-order valence-corrected chi connectivity index (χ3v) is 10.5. The van der Waals surface area contributed by atoms with Crippen molar-refractivity contribution in [3.63, 3.8) is 0 Å². The molecule has 3 aromatic carbocycles. The summed E-state index contributed by atoms with van der Waals surface area (Å²) in [6, 6.07) is 18.1. The highest BCUT2D eigenvalue weighted by atomic mass is 79.9. The molecule has 7 nitrogen and oxygen atoms in total. The fourth-order valence-corrected chi connectivity index (χ4v) is 8.10. The lowest BCUT2D eigenvalue weighted by Gasteiger charge is -2.19. The molecule has 3 aliphatic rings. The Bertz CT molecular complexity index is 1890. The Morgan fingerprint density at radius 2 is 1.60 bits per heavy atom. The number of pyridine rings is 1. The number of imide groups is 1. The molecule has 1 aliphatic heterocycles. The van der Waals surface area contributed by atoms with Crippen LogP contribution in [0.25, 0.3) is 22.2 Å². The zero-order valence-corrected chi connectivity index (χ0v) is 27.0. The number of fused-ring (bicyclic) bond motifs is 6. The van der Waals surface area contributed by atoms with Gasteiger partial charge in [0.25, 0.3) is 0 Å². The Morgan fingerprint density at radius 1 is 0.911 bits per heavy atom. The van der Waals surface area contributed by atoms with Gasteiger partial charge in [0.2, 0.25) is 11.8 Å². The van der Waals surface area contributed by atoms with Crippen molar-refractivity contribution < 1.29 is 23.9 Å². The number of halogens is 1. The van der Waals surface area contributed by atoms with E-state index in [1.165, 1.54) is 4.90 Å². The van der Waals surface area contributed by atoms with Crippen molar-refractivity contribution >= 4 is 56.1 Å². The van der Waals surface area contributed by atoms with Crippen LogP contribution in [0.4, 0.5) is 5.69 Å². The molecule has 2 saturated carbocycles. The highest BCUT2D eigenvalue weighted by Crippen LogP contribution is 2.56. The second kappa shape index (κ2) is 11.3. The molecule has 0 radical (unpaired) electrons. The minimum Gasteiger partial charge on any atom is -0.454 e. The summed E-state index contributed by atoms with van der Waals surface area (Å²) in [5.41, 5.74) is 6.33. The quantitative estimate of drug-likeness (QED) is 0.116. The predicted molar refractivity (Wildman–Crippen MR) is 175 cm³/mol. The SMILES string of the molecule is CCc1cc(Br)cc2c(C(=O)OCC(=O)c3ccc(C)c(C)c3)cc(-c3ccc(N4C(=O)C5C6CCC(C6)C5C4=O)cc3)nc12. The van der Waals surface area contributed by atoms with Crippen molar-refractivity contribution in [2.75, 3.05) is 11.5 Å². The Hall–Kier alpha value is -4.17. The topological polar surface area (TPSA) is 93.6 Å². The largest absolute Gasteiger partial charge is 0.454 e. The number of ether oxygens (including phenoxy) is 1. The average Bonchev–Trinajstić information content (AvgIpc) is 3.73. The van der Waals surface area contributed by atoms with Gasteiger partial charge in [-0.15, -0.1) is 0 Å². The van der Waals surface area contributed by atoms with Gasteiger partial charge in [0, 0.05) is 21.0 Å². The van der Waals surface area contributed by atoms with Crippen LogP contribution in [0.1, 0.15) is 63.6 Å². The molecule has 0 N–H and O–H groups in total. The van der Waals surface area contributed by atoms with E-state index in [0.717, 1.165) is 46.0 Å². The van der Waals surface area contributed by atoms with Crippen molar-refractivity contribution in [2.45, 2.75) is 46.5 Å². The first kappa shape index (κ1) is 29.5. The summed E-state index contributed by atoms with van der Waals surface area (Å²) in [6.07, 6.45) is 3.75. The molecule has 45 heavy (non-hydrogen) atoms. The molecule has 7 rings (SSSR count). The van der Waals surface area contributed by atoms with Crippen molar-refractivity contribution in [2.24, 2.45) is 23.7 Å². The van der Waals surface area contributed by atoms with E-state index in [2.05, 4.69) is 15.9 Å². The predicted octanol–water partition coefficient (Wildman–Crippen LogP) is 7.42. The number of nitrogens with zero attached hydrogens (tertiary/aromatic N) is 2. The van der Waals surface area contributed by atoms with Crippen LogP contribution in [0.5, 0.6) is 0 Å². The maximum Gasteiger partial charge on any atom is 0.339 e. The van der Waals surface area contributed by atoms with Crippen LogP contribution >= 0.6 is 15.9 Å². The number of rotatable bonds is 7. The standard InChI is InChI=1S/C37H33BrN2O5/c1-4-21-15-26(38)16-28-29(37(44)45-18-31(41)23-6-5-19(2)20(3)13-23)17-30(39-34(21)28)22-9-11-27(12-10-22)40-35(42)32-24-7-8-25(14-24)33(32)36(40)43/h5-6,9-13,15-17,24-25,32-33H,4,7-8,14,18H2,1-3H3. The zero-order valence-electron chi connectivity index (χ0n) is 25.4. The minimum atomic E-state index is -0.618. The Kier molecular flexibility index (Phi) is 7.43. The molecule has 4 atom stereocenters. The molecule has 3 fully saturated rings. The molecule has 1 aromatic heterocycles. The molecule has 228 valence electrons. The monoisotopic (exact) mass is 664 g/mol. The lowest BCUT2D eigenvalue weighted by Crippen LogP contribution is -2.32. The number of aryl methyl sites for hydroxylation is 3. The van der Waals surface area contributed by atoms with Gasteiger partial charge >= 0.3 is 5.97 Å². The van der Waals surface area contributed by atoms with E-state index in [4.69, 9.17) is 9.72 Å². The van der Waals surface area contributed by atoms with Crippen LogP contribution in [0.2, 0.25) is 0 Å². The van der Waals surface area contributed by atoms with Crippen LogP contribution < -0.4 is 4.90 Å². The number of benzene rings is 3. The molecular weight excluding hydrogens is 632 g/mol. The van der Waals surface area contributed by atoms with Gasteiger partial charge in [-0.2, -0.15) is 0 Å². The van der Waals surface area contributed by atoms with Gasteiger partial charge in [0.15, 0.2) is 12.4 Å². The Morgan fingerprint density at radius 3 is 2.24 bits per heavy atom. The number of anilines is 1. The van der Waals surface area contributed by atoms with E-state index in [1.54, 1.807) is 30.3 Å². The number of amides is 2. The summed E-state index contributed by atoms with van der Waals surface area (Å²) in [7, 11) is 0. The molecular formula is C37H33BrN2O5. The van der Waals surface area contributed by atoms with Gasteiger partial charge in [-0.3, -0.25) is 19.3 Å². The van der Waals surface area contributed by atoms with E-state index >= 15 is 0 Å². The molecule has 4 aromatic rings. The van der Waals surface area contributed by atoms with E-state index in [1.807, 2.05) is 51.1 Å². The first-order valence-electron chi connectivity index (χ1n) is 15.5. The maximum atomic E-state index is 13.6. The summed E-state index contributed by atoms with van der Waals surface area (Å²) >= 11 is 3.56. The minimum absolute atomic E-state index is 0.0766. The van der Waals surface area contributed by atoms with Crippen molar-refractivity contribution in [1.82, 2.24) is 4.98 Å². The number of aromatic nitrogens is 1. The third kappa shape index (κ3) is 4.99. The molecule has 2 heterocycles. The molecule has 1 saturated heterocycles. The van der Waals surface area contributed by atoms with Gasteiger partial charge < -0.3 is 4.74 Å². The van der Waals surface area contributed by atoms with E-state index in [-0.39, 0.29) is 36.0 Å². The van der Waals surface area contributed by atoms with Gasteiger partial charge in [-0.05, 0) is 104 Å². The van der Waals surface area contributed by atoms with E-state index in [0.29, 0.717) is 51.7 Å². The first-order chi connectivity index (χ1) is 21.6. The number of hydrogen-bond donors (Lipinski definition) is 0. The Labute approximate surface area is 270 Å². The van der Waals surface area contributed by atoms with Gasteiger partial charge in [-0.1, -0.05) is 47.1 Å². The van der Waals surface area contributed by atoms with E-state index in [9.17, 15) is 19.2 Å². The molecule has 4 unspecified atom stereocenters. The zero-order chi connectivity index (χ0) is 31.6. The highest BCUT2D eigenvalue weighted by Gasteiger charge is 2.61. The number of hydrogen-bond acceptors (Lipinski definition) is 6. The lowest BCUT2D eigenvalue weighted by atomic mass is 9.81. The van der Waals surface area contributed by atoms with Crippen molar-refractivity contribution in [1.29, 1.82) is 0 Å². The summed E-state index contributed by atoms with van der Waals surface area (Å²) in [4.78, 5) is 59.5. The number of esters is 1. The summed E-state index contributed by atoms with van der Waals surface area (Å²) < 4.78 is 6.39. The van der Waals surface area contributed by atoms with Crippen LogP contribution in [0.3, 0.4) is 0 Å². The summed E-state index contributed by atoms with van der Waals surface area (Å²) in [5, 5.41) is 0.625.